The molecule has 0 aromatic heterocycles. The van der Waals surface area contributed by atoms with Crippen molar-refractivity contribution >= 4 is 11.9 Å². The summed E-state index contributed by atoms with van der Waals surface area (Å²) in [6.45, 7) is 5.66. The highest BCUT2D eigenvalue weighted by Crippen LogP contribution is 2.27. The van der Waals surface area contributed by atoms with Crippen LogP contribution in [0.5, 0.6) is 0 Å². The van der Waals surface area contributed by atoms with Gasteiger partial charge < -0.3 is 35.4 Å². The number of carbonyl (C=O) groups is 2. The fraction of sp³-hybridized carbons (Fsp3) is 0.562. The van der Waals surface area contributed by atoms with E-state index >= 15 is 0 Å². The number of esters is 1. The van der Waals surface area contributed by atoms with Crippen molar-refractivity contribution in [1.82, 2.24) is 0 Å². The summed E-state index contributed by atoms with van der Waals surface area (Å²) < 4.78 is 5.22. The van der Waals surface area contributed by atoms with Gasteiger partial charge >= 0.3 is 11.9 Å². The monoisotopic (exact) mass is 576 g/mol. The van der Waals surface area contributed by atoms with Gasteiger partial charge in [0.25, 0.3) is 0 Å². The molecule has 0 heterocycles. The molecule has 0 amide bonds. The Morgan fingerprint density at radius 1 is 0.902 bits per heavy atom. The highest BCUT2D eigenvalue weighted by Gasteiger charge is 2.34. The number of carbonyl (C=O) groups excluding carboxylic acids is 1. The minimum atomic E-state index is -0.952. The highest BCUT2D eigenvalue weighted by atomic mass is 16.6. The van der Waals surface area contributed by atoms with Crippen LogP contribution in [0.25, 0.3) is 0 Å². The second-order valence-electron chi connectivity index (χ2n) is 10.6. The quantitative estimate of drug-likeness (QED) is 0.0658. The van der Waals surface area contributed by atoms with Crippen molar-refractivity contribution in [1.29, 1.82) is 0 Å². The van der Waals surface area contributed by atoms with E-state index in [1.165, 1.54) is 12.2 Å². The first-order chi connectivity index (χ1) is 19.4. The molecule has 0 aromatic rings. The number of carboxylic acids is 1. The second kappa shape index (κ2) is 20.1. The van der Waals surface area contributed by atoms with Gasteiger partial charge in [-0.2, -0.15) is 0 Å². The molecule has 0 aliphatic heterocycles. The Morgan fingerprint density at radius 2 is 1.59 bits per heavy atom. The molecule has 9 nitrogen and oxygen atoms in total. The fourth-order valence-corrected chi connectivity index (χ4v) is 4.34. The maximum atomic E-state index is 12.0. The summed E-state index contributed by atoms with van der Waals surface area (Å²) in [6.07, 6.45) is 15.6. The van der Waals surface area contributed by atoms with Crippen LogP contribution >= 0.6 is 0 Å². The van der Waals surface area contributed by atoms with E-state index < -0.39 is 54.5 Å². The molecule has 1 rings (SSSR count). The Balaban J connectivity index is 2.41. The number of hydrogen-bond donors (Lipinski definition) is 6. The van der Waals surface area contributed by atoms with Crippen LogP contribution in [0.4, 0.5) is 0 Å². The molecule has 1 saturated carbocycles. The average Bonchev–Trinajstić information content (AvgIpc) is 2.90. The number of carboxylic acid groups (broad SMARTS) is 1. The lowest BCUT2D eigenvalue weighted by atomic mass is 9.85. The van der Waals surface area contributed by atoms with Crippen molar-refractivity contribution in [2.24, 2.45) is 11.8 Å². The van der Waals surface area contributed by atoms with Gasteiger partial charge in [-0.25, -0.2) is 4.79 Å². The van der Waals surface area contributed by atoms with Crippen molar-refractivity contribution in [2.45, 2.75) is 102 Å². The zero-order valence-corrected chi connectivity index (χ0v) is 24.3. The fourth-order valence-electron chi connectivity index (χ4n) is 4.34. The summed E-state index contributed by atoms with van der Waals surface area (Å²) in [6, 6.07) is 0. The van der Waals surface area contributed by atoms with Crippen LogP contribution in [0.2, 0.25) is 0 Å². The molecule has 1 fully saturated rings. The van der Waals surface area contributed by atoms with Crippen LogP contribution in [-0.4, -0.2) is 79.2 Å². The Morgan fingerprint density at radius 3 is 2.27 bits per heavy atom. The maximum absolute atomic E-state index is 12.0. The summed E-state index contributed by atoms with van der Waals surface area (Å²) in [5, 5.41) is 59.6. The van der Waals surface area contributed by atoms with E-state index in [4.69, 9.17) is 9.84 Å². The summed E-state index contributed by atoms with van der Waals surface area (Å²) in [5.74, 6) is -2.44. The molecule has 0 bridgehead atoms. The predicted octanol–water partition coefficient (Wildman–Crippen LogP) is 3.53. The lowest BCUT2D eigenvalue weighted by Crippen LogP contribution is -2.39. The molecular weight excluding hydrogens is 528 g/mol. The topological polar surface area (TPSA) is 165 Å². The minimum absolute atomic E-state index is 0.0786. The van der Waals surface area contributed by atoms with Gasteiger partial charge in [-0.05, 0) is 39.0 Å². The third-order valence-corrected chi connectivity index (χ3v) is 6.84. The molecule has 41 heavy (non-hydrogen) atoms. The summed E-state index contributed by atoms with van der Waals surface area (Å²) >= 11 is 0. The largest absolute Gasteiger partial charge is 0.481 e. The Labute approximate surface area is 243 Å². The van der Waals surface area contributed by atoms with Crippen LogP contribution in [-0.2, 0) is 14.3 Å². The Bertz CT molecular complexity index is 962. The molecule has 1 aliphatic carbocycles. The molecular formula is C32H48O9. The standard InChI is InChI=1S/C32H48O9/c1-4-5-14-25(33)19-26(34)20-27(35)21-29(37)23(3)13-8-6-7-11-22(2)12-9-10-15-31(38)41-30-18-24(32(39)40)16-17-28(30)36/h5-15,23-30,33-37H,4,16-21H2,1-3H3,(H,39,40)/b7-6+,12-9+,13-8+,14-5+,15-10+,22-11+/t23-,24+,25-,26+,27-,28+,29+,30-/m1/s1. The number of hydrogen-bond acceptors (Lipinski definition) is 8. The average molecular weight is 577 g/mol. The van der Waals surface area contributed by atoms with Crippen LogP contribution in [0, 0.1) is 11.8 Å². The van der Waals surface area contributed by atoms with Crippen molar-refractivity contribution in [2.75, 3.05) is 0 Å². The number of rotatable bonds is 17. The third kappa shape index (κ3) is 16.3. The van der Waals surface area contributed by atoms with E-state index in [-0.39, 0.29) is 38.0 Å². The molecule has 230 valence electrons. The van der Waals surface area contributed by atoms with Gasteiger partial charge in [-0.15, -0.1) is 0 Å². The SMILES string of the molecule is CC/C=C/[C@@H](O)C[C@H](O)C[C@@H](O)C[C@H](O)[C@H](C)/C=C/C=C/C=C(C)/C=C/C=C/C(=O)O[C@@H]1C[C@@H](C(=O)O)CC[C@@H]1O. The molecule has 0 spiro atoms. The molecule has 0 unspecified atom stereocenters. The Kier molecular flexibility index (Phi) is 17.8. The van der Waals surface area contributed by atoms with Crippen molar-refractivity contribution in [3.8, 4) is 0 Å². The van der Waals surface area contributed by atoms with Gasteiger partial charge in [-0.1, -0.05) is 80.2 Å². The summed E-state index contributed by atoms with van der Waals surface area (Å²) in [4.78, 5) is 23.2. The molecule has 1 aliphatic rings. The van der Waals surface area contributed by atoms with Crippen LogP contribution in [0.3, 0.4) is 0 Å². The smallest absolute Gasteiger partial charge is 0.331 e. The zero-order valence-electron chi connectivity index (χ0n) is 24.3. The van der Waals surface area contributed by atoms with Gasteiger partial charge in [0, 0.05) is 24.8 Å². The molecule has 6 N–H and O–H groups in total. The molecule has 8 atom stereocenters. The van der Waals surface area contributed by atoms with E-state index in [0.717, 1.165) is 12.0 Å². The van der Waals surface area contributed by atoms with E-state index in [1.54, 1.807) is 30.4 Å². The van der Waals surface area contributed by atoms with Crippen LogP contribution in [0.1, 0.15) is 65.7 Å². The summed E-state index contributed by atoms with van der Waals surface area (Å²) in [5.41, 5.74) is 0.907. The molecule has 0 aromatic carbocycles. The first-order valence-corrected chi connectivity index (χ1v) is 14.3. The number of aliphatic carboxylic acids is 1. The number of ether oxygens (including phenoxy) is 1. The molecule has 0 saturated heterocycles. The van der Waals surface area contributed by atoms with E-state index in [0.29, 0.717) is 6.42 Å². The van der Waals surface area contributed by atoms with E-state index in [2.05, 4.69) is 0 Å². The Hall–Kier alpha value is -2.82. The van der Waals surface area contributed by atoms with Crippen LogP contribution < -0.4 is 0 Å². The second-order valence-corrected chi connectivity index (χ2v) is 10.6. The van der Waals surface area contributed by atoms with Gasteiger partial charge in [0.05, 0.1) is 36.4 Å². The predicted molar refractivity (Wildman–Crippen MR) is 158 cm³/mol. The number of aliphatic hydroxyl groups excluding tert-OH is 5. The summed E-state index contributed by atoms with van der Waals surface area (Å²) in [7, 11) is 0. The van der Waals surface area contributed by atoms with Crippen molar-refractivity contribution < 1.29 is 45.0 Å². The zero-order chi connectivity index (χ0) is 30.8. The number of allylic oxidation sites excluding steroid dienone is 9. The van der Waals surface area contributed by atoms with E-state index in [1.807, 2.05) is 45.1 Å². The van der Waals surface area contributed by atoms with Gasteiger partial charge in [0.2, 0.25) is 0 Å². The lowest BCUT2D eigenvalue weighted by Gasteiger charge is -2.30. The van der Waals surface area contributed by atoms with Crippen molar-refractivity contribution in [3.05, 3.63) is 72.4 Å². The van der Waals surface area contributed by atoms with Gasteiger partial charge in [0.1, 0.15) is 6.10 Å². The third-order valence-electron chi connectivity index (χ3n) is 6.84. The van der Waals surface area contributed by atoms with E-state index in [9.17, 15) is 35.1 Å². The molecule has 9 heteroatoms. The number of aliphatic hydroxyl groups is 5. The first kappa shape index (κ1) is 36.2. The van der Waals surface area contributed by atoms with Crippen LogP contribution in [0.15, 0.2) is 72.4 Å². The molecule has 0 radical (unpaired) electrons. The highest BCUT2D eigenvalue weighted by molar-refractivity contribution is 5.82. The maximum Gasteiger partial charge on any atom is 0.331 e. The normalized spacial score (nSPS) is 24.4. The first-order valence-electron chi connectivity index (χ1n) is 14.3. The lowest BCUT2D eigenvalue weighted by molar-refractivity contribution is -0.159. The van der Waals surface area contributed by atoms with Gasteiger partial charge in [-0.3, -0.25) is 4.79 Å². The van der Waals surface area contributed by atoms with Crippen molar-refractivity contribution in [3.63, 3.8) is 0 Å². The minimum Gasteiger partial charge on any atom is -0.481 e. The van der Waals surface area contributed by atoms with Gasteiger partial charge in [0.15, 0.2) is 0 Å².